The number of fused-ring (bicyclic) bond motifs is 1. The molecule has 0 bridgehead atoms. The number of hydrogen-bond donors (Lipinski definition) is 1. The Kier molecular flexibility index (Phi) is 5.89. The molecule has 4 heteroatoms. The summed E-state index contributed by atoms with van der Waals surface area (Å²) in [5.41, 5.74) is 0. The maximum Gasteiger partial charge on any atom is 0.0223 e. The zero-order valence-corrected chi connectivity index (χ0v) is 12.2. The van der Waals surface area contributed by atoms with Gasteiger partial charge in [-0.25, -0.2) is 0 Å². The third kappa shape index (κ3) is 4.50. The van der Waals surface area contributed by atoms with Gasteiger partial charge < -0.3 is 15.1 Å². The van der Waals surface area contributed by atoms with Crippen molar-refractivity contribution in [3.05, 3.63) is 0 Å². The van der Waals surface area contributed by atoms with E-state index in [0.29, 0.717) is 0 Å². The summed E-state index contributed by atoms with van der Waals surface area (Å²) in [5, 5.41) is 3.55. The summed E-state index contributed by atoms with van der Waals surface area (Å²) < 4.78 is 0. The second kappa shape index (κ2) is 7.43. The van der Waals surface area contributed by atoms with Crippen LogP contribution in [-0.2, 0) is 0 Å². The van der Waals surface area contributed by atoms with Crippen LogP contribution in [0.25, 0.3) is 0 Å². The topological polar surface area (TPSA) is 21.8 Å². The van der Waals surface area contributed by atoms with Crippen molar-refractivity contribution in [2.75, 3.05) is 66.5 Å². The Hall–Kier alpha value is -0.160. The smallest absolute Gasteiger partial charge is 0.0223 e. The molecule has 0 spiro atoms. The lowest BCUT2D eigenvalue weighted by molar-refractivity contribution is 0.220. The summed E-state index contributed by atoms with van der Waals surface area (Å²) in [7, 11) is 4.26. The number of nitrogens with one attached hydrogen (secondary N) is 1. The second-order valence-corrected chi connectivity index (χ2v) is 6.04. The molecule has 1 N–H and O–H groups in total. The van der Waals surface area contributed by atoms with Crippen molar-refractivity contribution in [3.8, 4) is 0 Å². The average molecular weight is 254 g/mol. The largest absolute Gasteiger partial charge is 0.314 e. The summed E-state index contributed by atoms with van der Waals surface area (Å²) in [4.78, 5) is 7.60. The van der Waals surface area contributed by atoms with Gasteiger partial charge in [0.05, 0.1) is 0 Å². The third-order valence-electron chi connectivity index (χ3n) is 4.23. The molecule has 4 nitrogen and oxygen atoms in total. The standard InChI is InChI=1S/C14H30N4/c1-16(2)11-6-15-7-12-17-8-4-10-18-9-3-5-14(18)13-17/h14-15H,3-13H2,1-2H3. The van der Waals surface area contributed by atoms with Gasteiger partial charge in [-0.2, -0.15) is 0 Å². The molecule has 2 aliphatic rings. The fourth-order valence-corrected chi connectivity index (χ4v) is 3.15. The van der Waals surface area contributed by atoms with Gasteiger partial charge in [0.2, 0.25) is 0 Å². The summed E-state index contributed by atoms with van der Waals surface area (Å²) in [5.74, 6) is 0. The van der Waals surface area contributed by atoms with Gasteiger partial charge in [0, 0.05) is 38.8 Å². The van der Waals surface area contributed by atoms with Gasteiger partial charge in [0.1, 0.15) is 0 Å². The van der Waals surface area contributed by atoms with E-state index in [2.05, 4.69) is 34.1 Å². The van der Waals surface area contributed by atoms with Crippen LogP contribution in [0.2, 0.25) is 0 Å². The lowest BCUT2D eigenvalue weighted by Crippen LogP contribution is -2.40. The van der Waals surface area contributed by atoms with Gasteiger partial charge in [-0.3, -0.25) is 4.90 Å². The molecule has 0 saturated carbocycles. The van der Waals surface area contributed by atoms with Crippen LogP contribution in [0.1, 0.15) is 19.3 Å². The first-order valence-corrected chi connectivity index (χ1v) is 7.57. The number of rotatable bonds is 6. The molecule has 0 aromatic heterocycles. The summed E-state index contributed by atoms with van der Waals surface area (Å²) in [6.07, 6.45) is 4.19. The Labute approximate surface area is 112 Å². The molecule has 106 valence electrons. The highest BCUT2D eigenvalue weighted by Gasteiger charge is 2.28. The van der Waals surface area contributed by atoms with Gasteiger partial charge in [-0.1, -0.05) is 0 Å². The molecule has 2 aliphatic heterocycles. The van der Waals surface area contributed by atoms with Crippen LogP contribution in [0.15, 0.2) is 0 Å². The molecule has 2 fully saturated rings. The van der Waals surface area contributed by atoms with Crippen molar-refractivity contribution in [3.63, 3.8) is 0 Å². The van der Waals surface area contributed by atoms with Gasteiger partial charge in [-0.15, -0.1) is 0 Å². The van der Waals surface area contributed by atoms with Gasteiger partial charge in [0.15, 0.2) is 0 Å². The van der Waals surface area contributed by atoms with E-state index >= 15 is 0 Å². The Balaban J connectivity index is 1.60. The van der Waals surface area contributed by atoms with E-state index in [-0.39, 0.29) is 0 Å². The minimum Gasteiger partial charge on any atom is -0.314 e. The van der Waals surface area contributed by atoms with Crippen LogP contribution in [0, 0.1) is 0 Å². The molecule has 2 heterocycles. The molecule has 18 heavy (non-hydrogen) atoms. The first-order chi connectivity index (χ1) is 8.75. The Morgan fingerprint density at radius 3 is 2.78 bits per heavy atom. The van der Waals surface area contributed by atoms with Crippen molar-refractivity contribution in [1.29, 1.82) is 0 Å². The average Bonchev–Trinajstić information content (AvgIpc) is 2.67. The predicted octanol–water partition coefficient (Wildman–Crippen LogP) is 0.308. The summed E-state index contributed by atoms with van der Waals surface area (Å²) in [6.45, 7) is 9.87. The molecule has 0 aliphatic carbocycles. The van der Waals surface area contributed by atoms with Crippen LogP contribution in [0.5, 0.6) is 0 Å². The van der Waals surface area contributed by atoms with Crippen molar-refractivity contribution in [2.45, 2.75) is 25.3 Å². The molecule has 0 aromatic rings. The van der Waals surface area contributed by atoms with E-state index in [0.717, 1.165) is 25.7 Å². The molecule has 1 atom stereocenters. The third-order valence-corrected chi connectivity index (χ3v) is 4.23. The molecule has 2 saturated heterocycles. The van der Waals surface area contributed by atoms with E-state index in [4.69, 9.17) is 0 Å². The van der Waals surface area contributed by atoms with Gasteiger partial charge >= 0.3 is 0 Å². The minimum absolute atomic E-state index is 0.856. The van der Waals surface area contributed by atoms with Crippen LogP contribution in [-0.4, -0.2) is 87.2 Å². The molecule has 0 aromatic carbocycles. The highest BCUT2D eigenvalue weighted by molar-refractivity contribution is 4.84. The predicted molar refractivity (Wildman–Crippen MR) is 77.1 cm³/mol. The van der Waals surface area contributed by atoms with Crippen LogP contribution < -0.4 is 5.32 Å². The monoisotopic (exact) mass is 254 g/mol. The van der Waals surface area contributed by atoms with Gasteiger partial charge in [-0.05, 0) is 53.0 Å². The molecular weight excluding hydrogens is 224 g/mol. The second-order valence-electron chi connectivity index (χ2n) is 6.04. The number of hydrogen-bond acceptors (Lipinski definition) is 4. The first-order valence-electron chi connectivity index (χ1n) is 7.57. The molecule has 0 radical (unpaired) electrons. The first kappa shape index (κ1) is 14.3. The maximum atomic E-state index is 3.55. The van der Waals surface area contributed by atoms with E-state index in [1.165, 1.54) is 52.0 Å². The fourth-order valence-electron chi connectivity index (χ4n) is 3.15. The summed E-state index contributed by atoms with van der Waals surface area (Å²) >= 11 is 0. The molecule has 1 unspecified atom stereocenters. The SMILES string of the molecule is CN(C)CCNCCN1CCCN2CCCC2C1. The number of likely N-dealkylation sites (N-methyl/N-ethyl adjacent to an activating group) is 1. The van der Waals surface area contributed by atoms with Crippen LogP contribution >= 0.6 is 0 Å². The summed E-state index contributed by atoms with van der Waals surface area (Å²) in [6, 6.07) is 0.856. The Bertz CT molecular complexity index is 232. The van der Waals surface area contributed by atoms with E-state index < -0.39 is 0 Å². The van der Waals surface area contributed by atoms with Crippen LogP contribution in [0.4, 0.5) is 0 Å². The minimum atomic E-state index is 0.856. The highest BCUT2D eigenvalue weighted by atomic mass is 15.3. The van der Waals surface area contributed by atoms with Crippen LogP contribution in [0.3, 0.4) is 0 Å². The lowest BCUT2D eigenvalue weighted by Gasteiger charge is -2.25. The van der Waals surface area contributed by atoms with Crippen molar-refractivity contribution in [2.24, 2.45) is 0 Å². The molecular formula is C14H30N4. The van der Waals surface area contributed by atoms with E-state index in [1.54, 1.807) is 0 Å². The zero-order chi connectivity index (χ0) is 12.8. The lowest BCUT2D eigenvalue weighted by atomic mass is 10.2. The molecule has 2 rings (SSSR count). The Morgan fingerprint density at radius 2 is 1.94 bits per heavy atom. The van der Waals surface area contributed by atoms with Crippen molar-refractivity contribution >= 4 is 0 Å². The highest BCUT2D eigenvalue weighted by Crippen LogP contribution is 2.20. The number of nitrogens with zero attached hydrogens (tertiary/aromatic N) is 3. The van der Waals surface area contributed by atoms with Gasteiger partial charge in [0.25, 0.3) is 0 Å². The van der Waals surface area contributed by atoms with E-state index in [9.17, 15) is 0 Å². The zero-order valence-electron chi connectivity index (χ0n) is 12.2. The molecule has 0 amide bonds. The maximum absolute atomic E-state index is 3.55. The Morgan fingerprint density at radius 1 is 1.11 bits per heavy atom. The van der Waals surface area contributed by atoms with Crippen molar-refractivity contribution in [1.82, 2.24) is 20.0 Å². The van der Waals surface area contributed by atoms with E-state index in [1.807, 2.05) is 0 Å². The van der Waals surface area contributed by atoms with Crippen molar-refractivity contribution < 1.29 is 0 Å². The fraction of sp³-hybridized carbons (Fsp3) is 1.00. The quantitative estimate of drug-likeness (QED) is 0.689. The normalized spacial score (nSPS) is 26.5.